The summed E-state index contributed by atoms with van der Waals surface area (Å²) in [5, 5.41) is 16.5. The van der Waals surface area contributed by atoms with Crippen molar-refractivity contribution in [2.45, 2.75) is 26.2 Å². The minimum Gasteiger partial charge on any atom is -0.493 e. The highest BCUT2D eigenvalue weighted by Gasteiger charge is 2.06. The summed E-state index contributed by atoms with van der Waals surface area (Å²) in [5.74, 6) is 1.91. The summed E-state index contributed by atoms with van der Waals surface area (Å²) >= 11 is 0. The molecule has 102 valence electrons. The van der Waals surface area contributed by atoms with Gasteiger partial charge < -0.3 is 14.3 Å². The molecule has 1 heterocycles. The van der Waals surface area contributed by atoms with Gasteiger partial charge in [0, 0.05) is 6.42 Å². The lowest BCUT2D eigenvalue weighted by Crippen LogP contribution is -2.03. The Morgan fingerprint density at radius 2 is 1.89 bits per heavy atom. The van der Waals surface area contributed by atoms with Crippen LogP contribution in [0.4, 0.5) is 0 Å². The topological polar surface area (TPSA) is 68.4 Å². The van der Waals surface area contributed by atoms with Gasteiger partial charge in [0.25, 0.3) is 0 Å². The number of aliphatic hydroxyl groups is 1. The first-order valence-electron chi connectivity index (χ1n) is 6.46. The van der Waals surface area contributed by atoms with Crippen LogP contribution in [0.25, 0.3) is 0 Å². The Hall–Kier alpha value is -1.88. The summed E-state index contributed by atoms with van der Waals surface area (Å²) in [7, 11) is 0. The van der Waals surface area contributed by atoms with E-state index in [4.69, 9.17) is 14.3 Å². The lowest BCUT2D eigenvalue weighted by Gasteiger charge is -2.08. The van der Waals surface area contributed by atoms with Gasteiger partial charge in [0.2, 0.25) is 11.8 Å². The van der Waals surface area contributed by atoms with E-state index < -0.39 is 0 Å². The van der Waals surface area contributed by atoms with Crippen LogP contribution in [0.5, 0.6) is 5.75 Å². The predicted octanol–water partition coefficient (Wildman–Crippen LogP) is 1.79. The van der Waals surface area contributed by atoms with E-state index in [9.17, 15) is 0 Å². The number of rotatable bonds is 7. The minimum atomic E-state index is 0.0159. The van der Waals surface area contributed by atoms with Crippen molar-refractivity contribution in [2.75, 3.05) is 13.2 Å². The van der Waals surface area contributed by atoms with Crippen molar-refractivity contribution in [3.8, 4) is 5.75 Å². The van der Waals surface area contributed by atoms with Crippen LogP contribution in [0.2, 0.25) is 0 Å². The summed E-state index contributed by atoms with van der Waals surface area (Å²) < 4.78 is 11.1. The molecular weight excluding hydrogens is 244 g/mol. The quantitative estimate of drug-likeness (QED) is 0.824. The van der Waals surface area contributed by atoms with Crippen LogP contribution in [0.1, 0.15) is 24.3 Å². The Morgan fingerprint density at radius 1 is 1.16 bits per heavy atom. The molecule has 0 aliphatic carbocycles. The second-order valence-electron chi connectivity index (χ2n) is 4.12. The van der Waals surface area contributed by atoms with E-state index in [-0.39, 0.29) is 6.61 Å². The molecule has 0 saturated heterocycles. The molecule has 1 N–H and O–H groups in total. The Morgan fingerprint density at radius 3 is 2.63 bits per heavy atom. The Labute approximate surface area is 112 Å². The molecule has 0 bridgehead atoms. The molecule has 5 nitrogen and oxygen atoms in total. The Bertz CT molecular complexity index is 511. The molecule has 1 aromatic heterocycles. The molecule has 0 amide bonds. The van der Waals surface area contributed by atoms with Crippen LogP contribution in [0, 0.1) is 0 Å². The van der Waals surface area contributed by atoms with E-state index in [0.717, 1.165) is 12.2 Å². The fourth-order valence-electron chi connectivity index (χ4n) is 1.77. The molecular formula is C14H18N2O3. The predicted molar refractivity (Wildman–Crippen MR) is 70.1 cm³/mol. The Balaban J connectivity index is 1.85. The lowest BCUT2D eigenvalue weighted by atomic mass is 10.1. The minimum absolute atomic E-state index is 0.0159. The summed E-state index contributed by atoms with van der Waals surface area (Å²) in [6, 6.07) is 7.98. The summed E-state index contributed by atoms with van der Waals surface area (Å²) in [6.45, 7) is 2.61. The number of aryl methyl sites for hydroxylation is 1. The third kappa shape index (κ3) is 3.79. The molecule has 5 heteroatoms. The molecule has 0 saturated carbocycles. The normalized spacial score (nSPS) is 10.6. The van der Waals surface area contributed by atoms with Crippen LogP contribution in [-0.4, -0.2) is 28.5 Å². The average Bonchev–Trinajstić information content (AvgIpc) is 2.87. The molecule has 0 spiro atoms. The number of aliphatic hydroxyl groups excluding tert-OH is 1. The zero-order valence-corrected chi connectivity index (χ0v) is 11.0. The van der Waals surface area contributed by atoms with Gasteiger partial charge in [-0.15, -0.1) is 10.2 Å². The first-order valence-corrected chi connectivity index (χ1v) is 6.46. The number of ether oxygens (including phenoxy) is 1. The van der Waals surface area contributed by atoms with Crippen molar-refractivity contribution in [1.82, 2.24) is 10.2 Å². The maximum Gasteiger partial charge on any atom is 0.219 e. The number of hydrogen-bond donors (Lipinski definition) is 1. The SMILES string of the molecule is CCc1ccccc1OCCc1nnc(CCO)o1. The zero-order chi connectivity index (χ0) is 13.5. The van der Waals surface area contributed by atoms with Crippen molar-refractivity contribution in [3.05, 3.63) is 41.6 Å². The fraction of sp³-hybridized carbons (Fsp3) is 0.429. The fourth-order valence-corrected chi connectivity index (χ4v) is 1.77. The standard InChI is InChI=1S/C14H18N2O3/c1-2-11-5-3-4-6-12(11)18-10-8-14-16-15-13(19-14)7-9-17/h3-6,17H,2,7-10H2,1H3. The highest BCUT2D eigenvalue weighted by molar-refractivity contribution is 5.33. The van der Waals surface area contributed by atoms with Gasteiger partial charge in [-0.05, 0) is 18.1 Å². The number of para-hydroxylation sites is 1. The lowest BCUT2D eigenvalue weighted by molar-refractivity contribution is 0.277. The molecule has 19 heavy (non-hydrogen) atoms. The van der Waals surface area contributed by atoms with Gasteiger partial charge in [-0.2, -0.15) is 0 Å². The molecule has 2 rings (SSSR count). The van der Waals surface area contributed by atoms with Gasteiger partial charge in [0.05, 0.1) is 19.6 Å². The van der Waals surface area contributed by atoms with E-state index >= 15 is 0 Å². The molecule has 1 aromatic carbocycles. The second kappa shape index (κ2) is 6.89. The van der Waals surface area contributed by atoms with Gasteiger partial charge >= 0.3 is 0 Å². The van der Waals surface area contributed by atoms with Crippen LogP contribution in [-0.2, 0) is 19.3 Å². The van der Waals surface area contributed by atoms with E-state index in [2.05, 4.69) is 23.2 Å². The largest absolute Gasteiger partial charge is 0.493 e. The van der Waals surface area contributed by atoms with Crippen molar-refractivity contribution < 1.29 is 14.3 Å². The summed E-state index contributed by atoms with van der Waals surface area (Å²) in [4.78, 5) is 0. The molecule has 0 unspecified atom stereocenters. The first-order chi connectivity index (χ1) is 9.33. The molecule has 0 fully saturated rings. The molecule has 0 radical (unpaired) electrons. The van der Waals surface area contributed by atoms with Crippen LogP contribution in [0.3, 0.4) is 0 Å². The molecule has 0 atom stereocenters. The van der Waals surface area contributed by atoms with Gasteiger partial charge in [0.1, 0.15) is 5.75 Å². The molecule has 0 aliphatic rings. The number of hydrogen-bond acceptors (Lipinski definition) is 5. The van der Waals surface area contributed by atoms with Gasteiger partial charge in [-0.3, -0.25) is 0 Å². The Kier molecular flexibility index (Phi) is 4.92. The first kappa shape index (κ1) is 13.5. The van der Waals surface area contributed by atoms with Gasteiger partial charge in [-0.25, -0.2) is 0 Å². The maximum atomic E-state index is 8.76. The van der Waals surface area contributed by atoms with Crippen molar-refractivity contribution in [2.24, 2.45) is 0 Å². The molecule has 2 aromatic rings. The number of nitrogens with zero attached hydrogens (tertiary/aromatic N) is 2. The van der Waals surface area contributed by atoms with Crippen molar-refractivity contribution in [3.63, 3.8) is 0 Å². The number of benzene rings is 1. The van der Waals surface area contributed by atoms with E-state index in [0.29, 0.717) is 31.2 Å². The second-order valence-corrected chi connectivity index (χ2v) is 4.12. The highest BCUT2D eigenvalue weighted by Crippen LogP contribution is 2.18. The van der Waals surface area contributed by atoms with E-state index in [1.807, 2.05) is 18.2 Å². The van der Waals surface area contributed by atoms with Crippen molar-refractivity contribution >= 4 is 0 Å². The third-order valence-corrected chi connectivity index (χ3v) is 2.76. The maximum absolute atomic E-state index is 8.76. The van der Waals surface area contributed by atoms with E-state index in [1.54, 1.807) is 0 Å². The van der Waals surface area contributed by atoms with E-state index in [1.165, 1.54) is 5.56 Å². The highest BCUT2D eigenvalue weighted by atomic mass is 16.5. The van der Waals surface area contributed by atoms with Crippen LogP contribution < -0.4 is 4.74 Å². The monoisotopic (exact) mass is 262 g/mol. The average molecular weight is 262 g/mol. The zero-order valence-electron chi connectivity index (χ0n) is 11.0. The van der Waals surface area contributed by atoms with Crippen LogP contribution >= 0.6 is 0 Å². The molecule has 0 aliphatic heterocycles. The summed E-state index contributed by atoms with van der Waals surface area (Å²) in [6.07, 6.45) is 1.90. The smallest absolute Gasteiger partial charge is 0.219 e. The van der Waals surface area contributed by atoms with Crippen molar-refractivity contribution in [1.29, 1.82) is 0 Å². The van der Waals surface area contributed by atoms with Gasteiger partial charge in [-0.1, -0.05) is 25.1 Å². The summed E-state index contributed by atoms with van der Waals surface area (Å²) in [5.41, 5.74) is 1.19. The third-order valence-electron chi connectivity index (χ3n) is 2.76. The van der Waals surface area contributed by atoms with Crippen LogP contribution in [0.15, 0.2) is 28.7 Å². The number of aromatic nitrogens is 2. The van der Waals surface area contributed by atoms with Gasteiger partial charge in [0.15, 0.2) is 0 Å².